The zero-order valence-electron chi connectivity index (χ0n) is 20.9. The van der Waals surface area contributed by atoms with Crippen molar-refractivity contribution in [3.8, 4) is 5.75 Å². The van der Waals surface area contributed by atoms with E-state index in [1.54, 1.807) is 10.7 Å². The van der Waals surface area contributed by atoms with Crippen molar-refractivity contribution in [2.45, 2.75) is 46.4 Å². The second-order valence-corrected chi connectivity index (χ2v) is 10.1. The van der Waals surface area contributed by atoms with E-state index in [0.717, 1.165) is 42.1 Å². The van der Waals surface area contributed by atoms with Crippen molar-refractivity contribution in [3.63, 3.8) is 0 Å². The molecule has 1 amide bonds. The van der Waals surface area contributed by atoms with Crippen LogP contribution in [0.4, 0.5) is 5.69 Å². The van der Waals surface area contributed by atoms with Gasteiger partial charge in [0.2, 0.25) is 0 Å². The standard InChI is InChI=1S/C27H33ClN4O3.ClH/c1-18(2)17-35-26-9-6-22(28)13-21(26)15-32-19(3)12-25(30-32)27(34)29-23-7-4-20(5-8-23)14-31-11-10-24(33)16-31;/h4-9,12-13,18,24,33H,10-11,14-17H2,1-3H3,(H,29,34);1H/t24-;/m0./s1. The van der Waals surface area contributed by atoms with Crippen molar-refractivity contribution in [3.05, 3.63) is 76.1 Å². The molecule has 1 aromatic heterocycles. The van der Waals surface area contributed by atoms with E-state index < -0.39 is 0 Å². The number of benzene rings is 2. The van der Waals surface area contributed by atoms with Crippen molar-refractivity contribution in [2.24, 2.45) is 5.92 Å². The van der Waals surface area contributed by atoms with Gasteiger partial charge in [-0.3, -0.25) is 14.4 Å². The number of carbonyl (C=O) groups excluding carboxylic acids is 1. The van der Waals surface area contributed by atoms with Crippen molar-refractivity contribution in [1.29, 1.82) is 0 Å². The van der Waals surface area contributed by atoms with Crippen molar-refractivity contribution < 1.29 is 14.6 Å². The first-order chi connectivity index (χ1) is 16.8. The van der Waals surface area contributed by atoms with Crippen LogP contribution in [0.2, 0.25) is 5.02 Å². The van der Waals surface area contributed by atoms with Gasteiger partial charge in [-0.25, -0.2) is 0 Å². The van der Waals surface area contributed by atoms with Gasteiger partial charge in [-0.2, -0.15) is 5.10 Å². The van der Waals surface area contributed by atoms with E-state index in [1.165, 1.54) is 0 Å². The minimum Gasteiger partial charge on any atom is -0.493 e. The molecule has 1 fully saturated rings. The summed E-state index contributed by atoms with van der Waals surface area (Å²) in [6.45, 7) is 9.60. The van der Waals surface area contributed by atoms with Gasteiger partial charge >= 0.3 is 0 Å². The molecule has 194 valence electrons. The molecule has 1 saturated heterocycles. The fourth-order valence-corrected chi connectivity index (χ4v) is 4.31. The highest BCUT2D eigenvalue weighted by molar-refractivity contribution is 6.30. The van der Waals surface area contributed by atoms with E-state index >= 15 is 0 Å². The van der Waals surface area contributed by atoms with Crippen LogP contribution in [0.3, 0.4) is 0 Å². The number of ether oxygens (including phenoxy) is 1. The summed E-state index contributed by atoms with van der Waals surface area (Å²) in [6, 6.07) is 15.1. The van der Waals surface area contributed by atoms with E-state index in [-0.39, 0.29) is 24.4 Å². The molecule has 0 aliphatic carbocycles. The van der Waals surface area contributed by atoms with Crippen LogP contribution in [0.1, 0.15) is 47.6 Å². The van der Waals surface area contributed by atoms with E-state index in [2.05, 4.69) is 29.2 Å². The monoisotopic (exact) mass is 532 g/mol. The summed E-state index contributed by atoms with van der Waals surface area (Å²) >= 11 is 6.23. The van der Waals surface area contributed by atoms with Crippen LogP contribution in [0, 0.1) is 12.8 Å². The maximum absolute atomic E-state index is 12.9. The van der Waals surface area contributed by atoms with Gasteiger partial charge in [-0.1, -0.05) is 37.6 Å². The Morgan fingerprint density at radius 3 is 2.61 bits per heavy atom. The molecule has 9 heteroatoms. The van der Waals surface area contributed by atoms with Gasteiger partial charge in [0.25, 0.3) is 5.91 Å². The number of β-amino-alcohol motifs (C(OH)–C–C–N with tert-alkyl or cyclic N) is 1. The Morgan fingerprint density at radius 2 is 1.94 bits per heavy atom. The number of nitrogens with one attached hydrogen (secondary N) is 1. The first-order valence-electron chi connectivity index (χ1n) is 12.0. The molecule has 7 nitrogen and oxygen atoms in total. The quantitative estimate of drug-likeness (QED) is 0.397. The number of halogens is 2. The normalized spacial score (nSPS) is 15.7. The minimum atomic E-state index is -0.260. The fraction of sp³-hybridized carbons (Fsp3) is 0.407. The van der Waals surface area contributed by atoms with Crippen LogP contribution in [0.25, 0.3) is 0 Å². The Bertz CT molecular complexity index is 1160. The predicted octanol–water partition coefficient (Wildman–Crippen LogP) is 5.17. The number of hydrogen-bond donors (Lipinski definition) is 2. The molecule has 4 rings (SSSR count). The van der Waals surface area contributed by atoms with Gasteiger partial charge in [0.1, 0.15) is 5.75 Å². The SMILES string of the molecule is Cc1cc(C(=O)Nc2ccc(CN3CC[C@H](O)C3)cc2)nn1Cc1cc(Cl)ccc1OCC(C)C.Cl. The van der Waals surface area contributed by atoms with Crippen molar-refractivity contribution in [1.82, 2.24) is 14.7 Å². The van der Waals surface area contributed by atoms with Gasteiger partial charge in [0.15, 0.2) is 5.69 Å². The number of hydrogen-bond acceptors (Lipinski definition) is 5. The average Bonchev–Trinajstić information content (AvgIpc) is 3.39. The lowest BCUT2D eigenvalue weighted by molar-refractivity contribution is 0.102. The van der Waals surface area contributed by atoms with Crippen LogP contribution < -0.4 is 10.1 Å². The number of nitrogens with zero attached hydrogens (tertiary/aromatic N) is 3. The summed E-state index contributed by atoms with van der Waals surface area (Å²) in [6.07, 6.45) is 0.596. The molecule has 2 aromatic carbocycles. The molecule has 1 aliphatic rings. The first-order valence-corrected chi connectivity index (χ1v) is 12.4. The number of aliphatic hydroxyl groups excluding tert-OH is 1. The van der Waals surface area contributed by atoms with Crippen molar-refractivity contribution in [2.75, 3.05) is 25.0 Å². The Labute approximate surface area is 223 Å². The lowest BCUT2D eigenvalue weighted by Gasteiger charge is -2.15. The molecule has 0 radical (unpaired) electrons. The highest BCUT2D eigenvalue weighted by Gasteiger charge is 2.20. The van der Waals surface area contributed by atoms with Gasteiger partial charge in [0, 0.05) is 41.6 Å². The van der Waals surface area contributed by atoms with Gasteiger partial charge in [-0.15, -0.1) is 12.4 Å². The third-order valence-corrected chi connectivity index (χ3v) is 6.23. The minimum absolute atomic E-state index is 0. The molecule has 0 saturated carbocycles. The first kappa shape index (κ1) is 28.0. The third kappa shape index (κ3) is 7.46. The Morgan fingerprint density at radius 1 is 1.19 bits per heavy atom. The molecular formula is C27H34Cl2N4O3. The number of amides is 1. The molecule has 0 unspecified atom stereocenters. The second-order valence-electron chi connectivity index (χ2n) is 9.61. The van der Waals surface area contributed by atoms with Crippen LogP contribution in [0.5, 0.6) is 5.75 Å². The lowest BCUT2D eigenvalue weighted by atomic mass is 10.2. The molecule has 2 heterocycles. The van der Waals surface area contributed by atoms with E-state index in [4.69, 9.17) is 16.3 Å². The number of carbonyl (C=O) groups is 1. The Kier molecular flexibility index (Phi) is 9.79. The number of rotatable bonds is 9. The zero-order chi connectivity index (χ0) is 24.9. The molecule has 2 N–H and O–H groups in total. The second kappa shape index (κ2) is 12.6. The number of aromatic nitrogens is 2. The number of aryl methyl sites for hydroxylation is 1. The molecule has 3 aromatic rings. The van der Waals surface area contributed by atoms with Gasteiger partial charge in [-0.05, 0) is 61.2 Å². The molecular weight excluding hydrogens is 499 g/mol. The molecule has 36 heavy (non-hydrogen) atoms. The number of anilines is 1. The average molecular weight is 534 g/mol. The smallest absolute Gasteiger partial charge is 0.276 e. The van der Waals surface area contributed by atoms with E-state index in [9.17, 15) is 9.90 Å². The Balaban J connectivity index is 0.00000361. The summed E-state index contributed by atoms with van der Waals surface area (Å²) < 4.78 is 7.75. The maximum atomic E-state index is 12.9. The van der Waals surface area contributed by atoms with E-state index in [1.807, 2.05) is 49.4 Å². The van der Waals surface area contributed by atoms with Crippen LogP contribution in [0.15, 0.2) is 48.5 Å². The van der Waals surface area contributed by atoms with Crippen LogP contribution in [-0.2, 0) is 13.1 Å². The maximum Gasteiger partial charge on any atom is 0.276 e. The largest absolute Gasteiger partial charge is 0.493 e. The predicted molar refractivity (Wildman–Crippen MR) is 145 cm³/mol. The van der Waals surface area contributed by atoms with E-state index in [0.29, 0.717) is 42.0 Å². The Hall–Kier alpha value is -2.58. The highest BCUT2D eigenvalue weighted by Crippen LogP contribution is 2.25. The fourth-order valence-electron chi connectivity index (χ4n) is 4.11. The van der Waals surface area contributed by atoms with Gasteiger partial charge < -0.3 is 15.2 Å². The van der Waals surface area contributed by atoms with Crippen molar-refractivity contribution >= 4 is 35.6 Å². The number of aliphatic hydroxyl groups is 1. The third-order valence-electron chi connectivity index (χ3n) is 5.99. The van der Waals surface area contributed by atoms with Crippen LogP contribution in [-0.4, -0.2) is 51.5 Å². The summed E-state index contributed by atoms with van der Waals surface area (Å²) in [4.78, 5) is 15.1. The summed E-state index contributed by atoms with van der Waals surface area (Å²) in [5.74, 6) is 0.916. The van der Waals surface area contributed by atoms with Crippen LogP contribution >= 0.6 is 24.0 Å². The zero-order valence-corrected chi connectivity index (χ0v) is 22.5. The molecule has 1 atom stereocenters. The molecule has 0 spiro atoms. The lowest BCUT2D eigenvalue weighted by Crippen LogP contribution is -2.21. The highest BCUT2D eigenvalue weighted by atomic mass is 35.5. The van der Waals surface area contributed by atoms with Gasteiger partial charge in [0.05, 0.1) is 19.3 Å². The summed E-state index contributed by atoms with van der Waals surface area (Å²) in [7, 11) is 0. The molecule has 0 bridgehead atoms. The molecule has 1 aliphatic heterocycles. The summed E-state index contributed by atoms with van der Waals surface area (Å²) in [5, 5.41) is 17.8. The number of likely N-dealkylation sites (tertiary alicyclic amines) is 1. The topological polar surface area (TPSA) is 79.6 Å². The summed E-state index contributed by atoms with van der Waals surface area (Å²) in [5.41, 5.74) is 4.00.